The molecule has 0 bridgehead atoms. The minimum Gasteiger partial charge on any atom is -0.467 e. The van der Waals surface area contributed by atoms with Gasteiger partial charge in [0, 0.05) is 26.2 Å². The molecule has 1 fully saturated rings. The summed E-state index contributed by atoms with van der Waals surface area (Å²) in [6, 6.07) is 1.65. The van der Waals surface area contributed by atoms with E-state index in [4.69, 9.17) is 10.3 Å². The van der Waals surface area contributed by atoms with E-state index in [-0.39, 0.29) is 5.91 Å². The molecule has 0 aromatic carbocycles. The molecule has 6 heteroatoms. The van der Waals surface area contributed by atoms with E-state index in [1.165, 1.54) is 6.26 Å². The van der Waals surface area contributed by atoms with Crippen LogP contribution >= 0.6 is 0 Å². The highest BCUT2D eigenvalue weighted by molar-refractivity contribution is 5.94. The highest BCUT2D eigenvalue weighted by Crippen LogP contribution is 2.14. The minimum atomic E-state index is -0.300. The number of nitrogens with two attached hydrogens (primary N) is 1. The number of likely N-dealkylation sites (N-methyl/N-ethyl adjacent to an activating group) is 1. The Morgan fingerprint density at radius 1 is 1.39 bits per heavy atom. The maximum atomic E-state index is 11.5. The zero-order valence-electron chi connectivity index (χ0n) is 10.7. The van der Waals surface area contributed by atoms with Gasteiger partial charge < -0.3 is 9.32 Å². The van der Waals surface area contributed by atoms with Crippen LogP contribution in [0.15, 0.2) is 16.7 Å². The van der Waals surface area contributed by atoms with Crippen LogP contribution < -0.4 is 11.3 Å². The summed E-state index contributed by atoms with van der Waals surface area (Å²) < 4.78 is 5.37. The van der Waals surface area contributed by atoms with Crippen molar-refractivity contribution < 1.29 is 9.21 Å². The molecule has 3 N–H and O–H groups in total. The number of carbonyl (C=O) groups excluding carboxylic acids is 1. The molecular formula is C12H20N4O2. The van der Waals surface area contributed by atoms with Crippen LogP contribution in [0, 0.1) is 0 Å². The summed E-state index contributed by atoms with van der Waals surface area (Å²) in [5.41, 5.74) is 2.66. The molecule has 1 aliphatic heterocycles. The number of hydrazine groups is 1. The van der Waals surface area contributed by atoms with Gasteiger partial charge in [-0.2, -0.15) is 0 Å². The molecule has 1 aliphatic rings. The summed E-state index contributed by atoms with van der Waals surface area (Å²) in [5, 5.41) is 0. The van der Waals surface area contributed by atoms with Gasteiger partial charge in [-0.25, -0.2) is 5.84 Å². The van der Waals surface area contributed by atoms with Gasteiger partial charge in [-0.3, -0.25) is 15.1 Å². The molecule has 2 heterocycles. The highest BCUT2D eigenvalue weighted by atomic mass is 16.3. The van der Waals surface area contributed by atoms with Crippen LogP contribution in [0.3, 0.4) is 0 Å². The third-order valence-corrected chi connectivity index (χ3v) is 3.40. The maximum Gasteiger partial charge on any atom is 0.268 e. The highest BCUT2D eigenvalue weighted by Gasteiger charge is 2.20. The normalized spacial score (nSPS) is 17.9. The Bertz CT molecular complexity index is 397. The van der Waals surface area contributed by atoms with Gasteiger partial charge in [0.05, 0.1) is 18.4 Å². The van der Waals surface area contributed by atoms with Crippen LogP contribution in [0.2, 0.25) is 0 Å². The molecule has 1 aromatic heterocycles. The Labute approximate surface area is 107 Å². The molecule has 0 spiro atoms. The Hall–Kier alpha value is -1.37. The molecule has 2 rings (SSSR count). The van der Waals surface area contributed by atoms with Crippen LogP contribution in [0.25, 0.3) is 0 Å². The van der Waals surface area contributed by atoms with Gasteiger partial charge in [0.15, 0.2) is 0 Å². The third kappa shape index (κ3) is 2.90. The lowest BCUT2D eigenvalue weighted by molar-refractivity contribution is 0.0945. The maximum absolute atomic E-state index is 11.5. The van der Waals surface area contributed by atoms with Gasteiger partial charge in [0.2, 0.25) is 0 Å². The smallest absolute Gasteiger partial charge is 0.268 e. The van der Waals surface area contributed by atoms with E-state index in [2.05, 4.69) is 22.1 Å². The van der Waals surface area contributed by atoms with Crippen LogP contribution in [0.1, 0.15) is 23.0 Å². The van der Waals surface area contributed by atoms with E-state index in [0.29, 0.717) is 17.9 Å². The van der Waals surface area contributed by atoms with Crippen LogP contribution in [-0.2, 0) is 6.54 Å². The van der Waals surface area contributed by atoms with Gasteiger partial charge in [-0.1, -0.05) is 6.92 Å². The molecule has 6 nitrogen and oxygen atoms in total. The molecular weight excluding hydrogens is 232 g/mol. The number of nitrogens with zero attached hydrogens (tertiary/aromatic N) is 2. The molecule has 0 atom stereocenters. The fourth-order valence-corrected chi connectivity index (χ4v) is 2.21. The molecule has 1 amide bonds. The number of hydrogen-bond donors (Lipinski definition) is 2. The summed E-state index contributed by atoms with van der Waals surface area (Å²) in [7, 11) is 0. The number of amides is 1. The van der Waals surface area contributed by atoms with Gasteiger partial charge >= 0.3 is 0 Å². The van der Waals surface area contributed by atoms with Crippen molar-refractivity contribution in [3.8, 4) is 0 Å². The van der Waals surface area contributed by atoms with Crippen LogP contribution in [-0.4, -0.2) is 48.4 Å². The number of nitrogens with one attached hydrogen (secondary N) is 1. The predicted octanol–water partition coefficient (Wildman–Crippen LogP) is 0.0206. The van der Waals surface area contributed by atoms with Crippen molar-refractivity contribution in [1.29, 1.82) is 0 Å². The Morgan fingerprint density at radius 2 is 2.06 bits per heavy atom. The lowest BCUT2D eigenvalue weighted by Gasteiger charge is -2.33. The fourth-order valence-electron chi connectivity index (χ4n) is 2.21. The SMILES string of the molecule is CCN1CCN(Cc2occc2C(=O)NN)CC1. The monoisotopic (exact) mass is 252 g/mol. The summed E-state index contributed by atoms with van der Waals surface area (Å²) in [4.78, 5) is 16.2. The summed E-state index contributed by atoms with van der Waals surface area (Å²) >= 11 is 0. The van der Waals surface area contributed by atoms with Crippen molar-refractivity contribution in [2.24, 2.45) is 5.84 Å². The number of furan rings is 1. The molecule has 1 saturated heterocycles. The second-order valence-corrected chi connectivity index (χ2v) is 4.44. The summed E-state index contributed by atoms with van der Waals surface area (Å²) in [6.45, 7) is 8.05. The van der Waals surface area contributed by atoms with E-state index < -0.39 is 0 Å². The zero-order chi connectivity index (χ0) is 13.0. The fraction of sp³-hybridized carbons (Fsp3) is 0.583. The van der Waals surface area contributed by atoms with Gasteiger partial charge in [0.1, 0.15) is 5.76 Å². The van der Waals surface area contributed by atoms with Crippen molar-refractivity contribution in [2.45, 2.75) is 13.5 Å². The summed E-state index contributed by atoms with van der Waals surface area (Å²) in [6.07, 6.45) is 1.53. The van der Waals surface area contributed by atoms with E-state index in [1.54, 1.807) is 6.07 Å². The van der Waals surface area contributed by atoms with Crippen molar-refractivity contribution in [2.75, 3.05) is 32.7 Å². The van der Waals surface area contributed by atoms with Crippen LogP contribution in [0.4, 0.5) is 0 Å². The molecule has 0 saturated carbocycles. The number of piperazine rings is 1. The lowest BCUT2D eigenvalue weighted by atomic mass is 10.2. The average molecular weight is 252 g/mol. The third-order valence-electron chi connectivity index (χ3n) is 3.40. The van der Waals surface area contributed by atoms with Crippen molar-refractivity contribution >= 4 is 5.91 Å². The van der Waals surface area contributed by atoms with E-state index >= 15 is 0 Å². The minimum absolute atomic E-state index is 0.300. The first-order chi connectivity index (χ1) is 8.74. The number of hydrogen-bond acceptors (Lipinski definition) is 5. The van der Waals surface area contributed by atoms with Gasteiger partial charge in [-0.15, -0.1) is 0 Å². The van der Waals surface area contributed by atoms with Crippen molar-refractivity contribution in [1.82, 2.24) is 15.2 Å². The Balaban J connectivity index is 1.94. The molecule has 1 aromatic rings. The molecule has 100 valence electrons. The average Bonchev–Trinajstić information content (AvgIpc) is 2.87. The zero-order valence-corrected chi connectivity index (χ0v) is 10.7. The molecule has 0 aliphatic carbocycles. The molecule has 18 heavy (non-hydrogen) atoms. The first kappa shape index (κ1) is 13.1. The second-order valence-electron chi connectivity index (χ2n) is 4.44. The summed E-state index contributed by atoms with van der Waals surface area (Å²) in [5.74, 6) is 5.52. The number of carbonyl (C=O) groups is 1. The number of rotatable bonds is 4. The van der Waals surface area contributed by atoms with Gasteiger partial charge in [0.25, 0.3) is 5.91 Å². The number of nitrogen functional groups attached to an aromatic ring is 1. The second kappa shape index (κ2) is 5.99. The topological polar surface area (TPSA) is 74.7 Å². The largest absolute Gasteiger partial charge is 0.467 e. The first-order valence-electron chi connectivity index (χ1n) is 6.26. The van der Waals surface area contributed by atoms with E-state index in [1.807, 2.05) is 0 Å². The molecule has 0 radical (unpaired) electrons. The van der Waals surface area contributed by atoms with Crippen LogP contribution in [0.5, 0.6) is 0 Å². The van der Waals surface area contributed by atoms with E-state index in [0.717, 1.165) is 32.7 Å². The Morgan fingerprint density at radius 3 is 2.67 bits per heavy atom. The lowest BCUT2D eigenvalue weighted by Crippen LogP contribution is -2.45. The quantitative estimate of drug-likeness (QED) is 0.449. The first-order valence-corrected chi connectivity index (χ1v) is 6.26. The van der Waals surface area contributed by atoms with Crippen molar-refractivity contribution in [3.63, 3.8) is 0 Å². The van der Waals surface area contributed by atoms with E-state index in [9.17, 15) is 4.79 Å². The van der Waals surface area contributed by atoms with Gasteiger partial charge in [-0.05, 0) is 12.6 Å². The standard InChI is InChI=1S/C12H20N4O2/c1-2-15-4-6-16(7-5-15)9-11-10(3-8-18-11)12(17)14-13/h3,8H,2,4-7,9,13H2,1H3,(H,14,17). The molecule has 0 unspecified atom stereocenters. The predicted molar refractivity (Wildman–Crippen MR) is 67.8 cm³/mol. The van der Waals surface area contributed by atoms with Crippen molar-refractivity contribution in [3.05, 3.63) is 23.7 Å². The Kier molecular flexibility index (Phi) is 4.35.